The Morgan fingerprint density at radius 2 is 1.36 bits per heavy atom. The van der Waals surface area contributed by atoms with E-state index in [1.165, 1.54) is 20.8 Å². The van der Waals surface area contributed by atoms with Gasteiger partial charge in [-0.15, -0.1) is 0 Å². The van der Waals surface area contributed by atoms with E-state index in [1.54, 1.807) is 20.8 Å². The number of hydrogen-bond acceptors (Lipinski definition) is 1. The van der Waals surface area contributed by atoms with Crippen molar-refractivity contribution >= 4 is 5.91 Å². The second-order valence-electron chi connectivity index (χ2n) is 5.53. The average Bonchev–Trinajstić information content (AvgIpc) is 1.80. The molecule has 0 spiro atoms. The normalized spacial score (nSPS) is 14.0. The Balaban J connectivity index is 4.70. The first-order valence-corrected chi connectivity index (χ1v) is 4.58. The van der Waals surface area contributed by atoms with E-state index < -0.39 is 22.8 Å². The third-order valence-electron chi connectivity index (χ3n) is 1.72. The predicted molar refractivity (Wildman–Crippen MR) is 52.3 cm³/mol. The van der Waals surface area contributed by atoms with Gasteiger partial charge in [0.05, 0.1) is 0 Å². The van der Waals surface area contributed by atoms with Gasteiger partial charge in [-0.05, 0) is 20.8 Å². The minimum Gasteiger partial charge on any atom is -0.346 e. The van der Waals surface area contributed by atoms with Crippen molar-refractivity contribution in [3.63, 3.8) is 0 Å². The van der Waals surface area contributed by atoms with Crippen LogP contribution < -0.4 is 5.32 Å². The van der Waals surface area contributed by atoms with Gasteiger partial charge in [0, 0.05) is 11.0 Å². The molecule has 0 radical (unpaired) electrons. The van der Waals surface area contributed by atoms with Gasteiger partial charge in [0.2, 0.25) is 0 Å². The Labute approximate surface area is 84.1 Å². The first-order valence-electron chi connectivity index (χ1n) is 4.58. The molecule has 0 saturated heterocycles. The molecule has 1 N–H and O–H groups in total. The van der Waals surface area contributed by atoms with Crippen LogP contribution in [0.2, 0.25) is 0 Å². The van der Waals surface area contributed by atoms with Gasteiger partial charge in [-0.25, -0.2) is 0 Å². The fourth-order valence-electron chi connectivity index (χ4n) is 0.760. The first kappa shape index (κ1) is 13.3. The molecule has 0 aliphatic rings. The number of carbonyl (C=O) groups is 1. The van der Waals surface area contributed by atoms with Crippen molar-refractivity contribution < 1.29 is 13.6 Å². The van der Waals surface area contributed by atoms with E-state index in [1.807, 2.05) is 0 Å². The van der Waals surface area contributed by atoms with Gasteiger partial charge >= 0.3 is 5.92 Å². The number of carbonyl (C=O) groups excluding carboxylic acids is 1. The summed E-state index contributed by atoms with van der Waals surface area (Å²) in [5.41, 5.74) is -1.99. The van der Waals surface area contributed by atoms with Gasteiger partial charge in [-0.3, -0.25) is 4.79 Å². The molecule has 0 aromatic carbocycles. The molecule has 0 saturated carbocycles. The highest BCUT2D eigenvalue weighted by atomic mass is 19.3. The summed E-state index contributed by atoms with van der Waals surface area (Å²) in [5.74, 6) is -4.56. The van der Waals surface area contributed by atoms with Crippen LogP contribution in [0.1, 0.15) is 41.5 Å². The second-order valence-corrected chi connectivity index (χ2v) is 5.53. The van der Waals surface area contributed by atoms with Crippen molar-refractivity contribution in [2.45, 2.75) is 53.0 Å². The predicted octanol–water partition coefficient (Wildman–Crippen LogP) is 2.58. The van der Waals surface area contributed by atoms with Crippen molar-refractivity contribution in [2.75, 3.05) is 0 Å². The van der Waals surface area contributed by atoms with Crippen molar-refractivity contribution in [1.29, 1.82) is 0 Å². The Kier molecular flexibility index (Phi) is 3.31. The van der Waals surface area contributed by atoms with Gasteiger partial charge in [0.15, 0.2) is 0 Å². The maximum atomic E-state index is 13.4. The molecule has 14 heavy (non-hydrogen) atoms. The van der Waals surface area contributed by atoms with E-state index in [4.69, 9.17) is 0 Å². The molecular formula is C10H19F2NO. The summed E-state index contributed by atoms with van der Waals surface area (Å²) in [6.45, 7) is 9.04. The van der Waals surface area contributed by atoms with Crippen LogP contribution in [0.25, 0.3) is 0 Å². The summed E-state index contributed by atoms with van der Waals surface area (Å²) >= 11 is 0. The first-order chi connectivity index (χ1) is 5.88. The van der Waals surface area contributed by atoms with Crippen molar-refractivity contribution in [2.24, 2.45) is 5.41 Å². The van der Waals surface area contributed by atoms with Gasteiger partial charge in [0.25, 0.3) is 5.91 Å². The maximum absolute atomic E-state index is 13.4. The van der Waals surface area contributed by atoms with Gasteiger partial charge in [-0.1, -0.05) is 20.8 Å². The summed E-state index contributed by atoms with van der Waals surface area (Å²) in [7, 11) is 0. The molecule has 0 heterocycles. The minimum absolute atomic E-state index is 0.633. The van der Waals surface area contributed by atoms with E-state index in [-0.39, 0.29) is 0 Å². The summed E-state index contributed by atoms with van der Waals surface area (Å²) in [5, 5.41) is 2.28. The Morgan fingerprint density at radius 3 is 1.57 bits per heavy atom. The summed E-state index contributed by atoms with van der Waals surface area (Å²) in [6.07, 6.45) is 0. The second kappa shape index (κ2) is 3.48. The third kappa shape index (κ3) is 3.24. The summed E-state index contributed by atoms with van der Waals surface area (Å²) in [4.78, 5) is 11.3. The molecule has 0 rings (SSSR count). The van der Waals surface area contributed by atoms with E-state index in [2.05, 4.69) is 5.32 Å². The van der Waals surface area contributed by atoms with Crippen LogP contribution >= 0.6 is 0 Å². The quantitative estimate of drug-likeness (QED) is 0.703. The Hall–Kier alpha value is -0.670. The van der Waals surface area contributed by atoms with Crippen LogP contribution in [0.15, 0.2) is 0 Å². The lowest BCUT2D eigenvalue weighted by Crippen LogP contribution is -2.54. The smallest absolute Gasteiger partial charge is 0.329 e. The number of halogens is 2. The molecule has 0 aliphatic heterocycles. The fraction of sp³-hybridized carbons (Fsp3) is 0.900. The molecule has 0 aliphatic carbocycles. The lowest BCUT2D eigenvalue weighted by molar-refractivity contribution is -0.164. The van der Waals surface area contributed by atoms with E-state index in [9.17, 15) is 13.6 Å². The van der Waals surface area contributed by atoms with Crippen LogP contribution in [-0.2, 0) is 4.79 Å². The zero-order valence-electron chi connectivity index (χ0n) is 9.66. The van der Waals surface area contributed by atoms with Gasteiger partial charge in [-0.2, -0.15) is 8.78 Å². The van der Waals surface area contributed by atoms with Gasteiger partial charge < -0.3 is 5.32 Å². The monoisotopic (exact) mass is 207 g/mol. The molecular weight excluding hydrogens is 188 g/mol. The van der Waals surface area contributed by atoms with E-state index in [0.717, 1.165) is 0 Å². The summed E-state index contributed by atoms with van der Waals surface area (Å²) < 4.78 is 26.9. The molecule has 0 unspecified atom stereocenters. The third-order valence-corrected chi connectivity index (χ3v) is 1.72. The molecule has 0 aromatic rings. The standard InChI is InChI=1S/C10H19F2NO/c1-8(2,3)10(11,12)7(14)13-9(4,5)6/h1-6H3,(H,13,14). The van der Waals surface area contributed by atoms with Crippen molar-refractivity contribution in [1.82, 2.24) is 5.32 Å². The molecule has 0 atom stereocenters. The highest BCUT2D eigenvalue weighted by Crippen LogP contribution is 2.36. The molecule has 0 fully saturated rings. The van der Waals surface area contributed by atoms with Crippen LogP contribution in [0.3, 0.4) is 0 Å². The Morgan fingerprint density at radius 1 is 1.00 bits per heavy atom. The fourth-order valence-corrected chi connectivity index (χ4v) is 0.760. The highest BCUT2D eigenvalue weighted by molar-refractivity contribution is 5.84. The SMILES string of the molecule is CC(C)(C)NC(=O)C(F)(F)C(C)(C)C. The molecule has 1 amide bonds. The lowest BCUT2D eigenvalue weighted by atomic mass is 9.87. The van der Waals surface area contributed by atoms with E-state index >= 15 is 0 Å². The zero-order chi connectivity index (χ0) is 11.8. The van der Waals surface area contributed by atoms with Crippen LogP contribution in [0, 0.1) is 5.41 Å². The molecule has 2 nitrogen and oxygen atoms in total. The largest absolute Gasteiger partial charge is 0.346 e. The number of amides is 1. The topological polar surface area (TPSA) is 29.1 Å². The molecule has 84 valence electrons. The van der Waals surface area contributed by atoms with E-state index in [0.29, 0.717) is 0 Å². The number of nitrogens with one attached hydrogen (secondary N) is 1. The highest BCUT2D eigenvalue weighted by Gasteiger charge is 2.50. The van der Waals surface area contributed by atoms with Gasteiger partial charge in [0.1, 0.15) is 0 Å². The summed E-state index contributed by atoms with van der Waals surface area (Å²) in [6, 6.07) is 0. The number of alkyl halides is 2. The minimum atomic E-state index is -3.35. The van der Waals surface area contributed by atoms with Crippen LogP contribution in [-0.4, -0.2) is 17.4 Å². The van der Waals surface area contributed by atoms with Crippen LogP contribution in [0.4, 0.5) is 8.78 Å². The zero-order valence-corrected chi connectivity index (χ0v) is 9.66. The average molecular weight is 207 g/mol. The molecule has 4 heteroatoms. The maximum Gasteiger partial charge on any atom is 0.329 e. The number of rotatable bonds is 1. The lowest BCUT2D eigenvalue weighted by Gasteiger charge is -2.32. The van der Waals surface area contributed by atoms with Crippen molar-refractivity contribution in [3.05, 3.63) is 0 Å². The Bertz CT molecular complexity index is 223. The van der Waals surface area contributed by atoms with Crippen LogP contribution in [0.5, 0.6) is 0 Å². The molecule has 0 aromatic heterocycles. The van der Waals surface area contributed by atoms with Crippen molar-refractivity contribution in [3.8, 4) is 0 Å². The molecule has 0 bridgehead atoms. The number of hydrogen-bond donors (Lipinski definition) is 1.